The molecule has 0 aliphatic carbocycles. The van der Waals surface area contributed by atoms with Gasteiger partial charge in [0.2, 0.25) is 0 Å². The van der Waals surface area contributed by atoms with Gasteiger partial charge in [-0.05, 0) is 6.92 Å². The summed E-state index contributed by atoms with van der Waals surface area (Å²) in [6.07, 6.45) is 2.69. The van der Waals surface area contributed by atoms with Gasteiger partial charge in [-0.1, -0.05) is 0 Å². The molecule has 1 N–H and O–H groups in total. The number of rotatable bonds is 5. The van der Waals surface area contributed by atoms with Crippen LogP contribution >= 0.6 is 12.4 Å². The highest BCUT2D eigenvalue weighted by Gasteiger charge is 2.06. The molecule has 5 nitrogen and oxygen atoms in total. The fraction of sp³-hybridized carbons (Fsp3) is 0.455. The van der Waals surface area contributed by atoms with Gasteiger partial charge in [-0.25, -0.2) is 8.78 Å². The van der Waals surface area contributed by atoms with Crippen LogP contribution < -0.4 is 5.32 Å². The van der Waals surface area contributed by atoms with E-state index in [0.29, 0.717) is 6.54 Å². The first-order valence-electron chi connectivity index (χ1n) is 5.58. The number of hydrogen-bond donors (Lipinski definition) is 1. The molecule has 0 aromatic carbocycles. The van der Waals surface area contributed by atoms with Crippen molar-refractivity contribution in [2.24, 2.45) is 7.05 Å². The zero-order valence-corrected chi connectivity index (χ0v) is 11.5. The van der Waals surface area contributed by atoms with Crippen LogP contribution in [0, 0.1) is 6.92 Å². The van der Waals surface area contributed by atoms with Gasteiger partial charge in [0, 0.05) is 31.5 Å². The number of halogens is 3. The van der Waals surface area contributed by atoms with Crippen molar-refractivity contribution in [3.05, 3.63) is 29.8 Å². The number of aryl methyl sites for hydroxylation is 2. The maximum absolute atomic E-state index is 12.1. The smallest absolute Gasteiger partial charge is 0.257 e. The average Bonchev–Trinajstić information content (AvgIpc) is 2.82. The largest absolute Gasteiger partial charge is 0.378 e. The lowest BCUT2D eigenvalue weighted by Crippen LogP contribution is -2.06. The van der Waals surface area contributed by atoms with Gasteiger partial charge in [-0.3, -0.25) is 9.36 Å². The Morgan fingerprint density at radius 1 is 1.37 bits per heavy atom. The number of anilines is 1. The van der Waals surface area contributed by atoms with Gasteiger partial charge in [-0.2, -0.15) is 10.2 Å². The Balaban J connectivity index is 0.00000180. The summed E-state index contributed by atoms with van der Waals surface area (Å²) in [4.78, 5) is 0. The molecule has 2 rings (SSSR count). The van der Waals surface area contributed by atoms with E-state index in [1.807, 2.05) is 20.2 Å². The Hall–Kier alpha value is -1.63. The fourth-order valence-corrected chi connectivity index (χ4v) is 1.71. The predicted octanol–water partition coefficient (Wildman–Crippen LogP) is 2.22. The molecule has 0 fully saturated rings. The van der Waals surface area contributed by atoms with Crippen LogP contribution in [0.3, 0.4) is 0 Å². The predicted molar refractivity (Wildman–Crippen MR) is 70.8 cm³/mol. The topological polar surface area (TPSA) is 47.7 Å². The van der Waals surface area contributed by atoms with Gasteiger partial charge in [0.25, 0.3) is 6.43 Å². The van der Waals surface area contributed by atoms with Crippen LogP contribution in [0.1, 0.15) is 11.3 Å². The molecule has 19 heavy (non-hydrogen) atoms. The average molecular weight is 292 g/mol. The minimum absolute atomic E-state index is 0. The van der Waals surface area contributed by atoms with Gasteiger partial charge >= 0.3 is 0 Å². The van der Waals surface area contributed by atoms with E-state index in [1.54, 1.807) is 17.1 Å². The molecule has 0 spiro atoms. The summed E-state index contributed by atoms with van der Waals surface area (Å²) in [6, 6.07) is 0. The van der Waals surface area contributed by atoms with Crippen LogP contribution in [0.15, 0.2) is 18.6 Å². The van der Waals surface area contributed by atoms with Crippen LogP contribution in [-0.2, 0) is 20.1 Å². The van der Waals surface area contributed by atoms with E-state index in [-0.39, 0.29) is 19.0 Å². The van der Waals surface area contributed by atoms with Gasteiger partial charge in [0.15, 0.2) is 0 Å². The second-order valence-corrected chi connectivity index (χ2v) is 4.12. The first kappa shape index (κ1) is 15.4. The van der Waals surface area contributed by atoms with Crippen molar-refractivity contribution in [3.63, 3.8) is 0 Å². The lowest BCUT2D eigenvalue weighted by atomic mass is 10.3. The minimum atomic E-state index is -2.38. The summed E-state index contributed by atoms with van der Waals surface area (Å²) in [7, 11) is 1.85. The summed E-state index contributed by atoms with van der Waals surface area (Å²) < 4.78 is 27.3. The molecule has 2 aromatic heterocycles. The molecule has 0 atom stereocenters. The van der Waals surface area contributed by atoms with Crippen molar-refractivity contribution in [2.75, 3.05) is 5.32 Å². The van der Waals surface area contributed by atoms with E-state index in [0.717, 1.165) is 16.9 Å². The Bertz CT molecular complexity index is 523. The maximum atomic E-state index is 12.1. The number of nitrogens with zero attached hydrogens (tertiary/aromatic N) is 4. The number of aromatic nitrogens is 4. The monoisotopic (exact) mass is 291 g/mol. The van der Waals surface area contributed by atoms with Crippen molar-refractivity contribution >= 4 is 18.1 Å². The third-order valence-electron chi connectivity index (χ3n) is 2.51. The van der Waals surface area contributed by atoms with Crippen molar-refractivity contribution in [1.82, 2.24) is 19.6 Å². The van der Waals surface area contributed by atoms with Gasteiger partial charge in [0.05, 0.1) is 17.6 Å². The molecular weight excluding hydrogens is 276 g/mol. The molecule has 0 aliphatic rings. The molecule has 106 valence electrons. The van der Waals surface area contributed by atoms with Crippen LogP contribution in [-0.4, -0.2) is 26.0 Å². The normalized spacial score (nSPS) is 10.6. The zero-order valence-electron chi connectivity index (χ0n) is 10.7. The zero-order chi connectivity index (χ0) is 13.1. The third-order valence-corrected chi connectivity index (χ3v) is 2.51. The highest BCUT2D eigenvalue weighted by Crippen LogP contribution is 2.13. The Morgan fingerprint density at radius 3 is 2.68 bits per heavy atom. The van der Waals surface area contributed by atoms with Crippen LogP contribution in [0.2, 0.25) is 0 Å². The van der Waals surface area contributed by atoms with Gasteiger partial charge < -0.3 is 5.32 Å². The molecule has 8 heteroatoms. The number of hydrogen-bond acceptors (Lipinski definition) is 3. The molecule has 0 radical (unpaired) electrons. The van der Waals surface area contributed by atoms with Gasteiger partial charge in [-0.15, -0.1) is 12.4 Å². The number of alkyl halides is 2. The highest BCUT2D eigenvalue weighted by atomic mass is 35.5. The second-order valence-electron chi connectivity index (χ2n) is 4.12. The van der Waals surface area contributed by atoms with Crippen LogP contribution in [0.25, 0.3) is 0 Å². The lowest BCUT2D eigenvalue weighted by Gasteiger charge is -2.02. The molecule has 0 amide bonds. The molecule has 0 unspecified atom stereocenters. The highest BCUT2D eigenvalue weighted by molar-refractivity contribution is 5.85. The van der Waals surface area contributed by atoms with Crippen LogP contribution in [0.4, 0.5) is 14.5 Å². The maximum Gasteiger partial charge on any atom is 0.257 e. The summed E-state index contributed by atoms with van der Waals surface area (Å²) >= 11 is 0. The number of nitrogens with one attached hydrogen (secondary N) is 1. The summed E-state index contributed by atoms with van der Waals surface area (Å²) in [5, 5.41) is 11.3. The summed E-state index contributed by atoms with van der Waals surface area (Å²) in [6.45, 7) is 2.07. The van der Waals surface area contributed by atoms with E-state index in [2.05, 4.69) is 15.5 Å². The second kappa shape index (κ2) is 6.51. The Kier molecular flexibility index (Phi) is 5.29. The van der Waals surface area contributed by atoms with Crippen LogP contribution in [0.5, 0.6) is 0 Å². The summed E-state index contributed by atoms with van der Waals surface area (Å²) in [5.74, 6) is 0. The van der Waals surface area contributed by atoms with Crippen molar-refractivity contribution < 1.29 is 8.78 Å². The van der Waals surface area contributed by atoms with E-state index in [4.69, 9.17) is 0 Å². The molecule has 2 heterocycles. The molecule has 2 aromatic rings. The Morgan fingerprint density at radius 2 is 2.11 bits per heavy atom. The fourth-order valence-electron chi connectivity index (χ4n) is 1.71. The Labute approximate surface area is 116 Å². The quantitative estimate of drug-likeness (QED) is 0.919. The third kappa shape index (κ3) is 4.20. The van der Waals surface area contributed by atoms with Crippen molar-refractivity contribution in [3.8, 4) is 0 Å². The van der Waals surface area contributed by atoms with E-state index in [9.17, 15) is 8.78 Å². The SMILES string of the molecule is Cc1nn(C)cc1NCc1cnn(CC(F)F)c1.Cl. The first-order chi connectivity index (χ1) is 8.54. The minimum Gasteiger partial charge on any atom is -0.378 e. The molecule has 0 saturated heterocycles. The van der Waals surface area contributed by atoms with Crippen molar-refractivity contribution in [2.45, 2.75) is 26.4 Å². The van der Waals surface area contributed by atoms with E-state index in [1.165, 1.54) is 4.68 Å². The lowest BCUT2D eigenvalue weighted by molar-refractivity contribution is 0.122. The molecule has 0 bridgehead atoms. The van der Waals surface area contributed by atoms with E-state index >= 15 is 0 Å². The van der Waals surface area contributed by atoms with Gasteiger partial charge in [0.1, 0.15) is 6.54 Å². The molecular formula is C11H16ClF2N5. The summed E-state index contributed by atoms with van der Waals surface area (Å²) in [5.41, 5.74) is 2.69. The first-order valence-corrected chi connectivity index (χ1v) is 5.58. The van der Waals surface area contributed by atoms with Crippen molar-refractivity contribution in [1.29, 1.82) is 0 Å². The molecule has 0 saturated carbocycles. The standard InChI is InChI=1S/C11H15F2N5.ClH/c1-8-10(6-17(2)16-8)14-3-9-4-15-18(5-9)7-11(12)13;/h4-6,11,14H,3,7H2,1-2H3;1H. The molecule has 0 aliphatic heterocycles. The van der Waals surface area contributed by atoms with E-state index < -0.39 is 6.43 Å².